The third-order valence-corrected chi connectivity index (χ3v) is 4.90. The van der Waals surface area contributed by atoms with Crippen LogP contribution in [0, 0.1) is 6.92 Å². The molecule has 1 aliphatic rings. The number of nitrogens with one attached hydrogen (secondary N) is 2. The lowest BCUT2D eigenvalue weighted by atomic mass is 9.88. The summed E-state index contributed by atoms with van der Waals surface area (Å²) >= 11 is 0. The van der Waals surface area contributed by atoms with Gasteiger partial charge in [0.1, 0.15) is 11.5 Å². The normalized spacial score (nSPS) is 13.2. The molecule has 1 unspecified atom stereocenters. The molecule has 3 heterocycles. The first-order valence-electron chi connectivity index (χ1n) is 9.48. The number of carbonyl (C=O) groups excluding carboxylic acids is 1. The molecule has 1 atom stereocenters. The highest BCUT2D eigenvalue weighted by molar-refractivity contribution is 5.77. The maximum Gasteiger partial charge on any atom is 0.343 e. The van der Waals surface area contributed by atoms with Crippen LogP contribution in [0.1, 0.15) is 34.9 Å². The molecule has 9 heteroatoms. The van der Waals surface area contributed by atoms with Crippen LogP contribution in [0.25, 0.3) is 0 Å². The van der Waals surface area contributed by atoms with E-state index in [1.165, 1.54) is 6.07 Å². The lowest BCUT2D eigenvalue weighted by Gasteiger charge is -2.18. The summed E-state index contributed by atoms with van der Waals surface area (Å²) in [4.78, 5) is 32.1. The second-order valence-electron chi connectivity index (χ2n) is 6.99. The second-order valence-corrected chi connectivity index (χ2v) is 6.99. The van der Waals surface area contributed by atoms with Gasteiger partial charge in [0.15, 0.2) is 11.5 Å². The number of imidazole rings is 1. The number of rotatable bonds is 7. The van der Waals surface area contributed by atoms with E-state index in [4.69, 9.17) is 13.9 Å². The highest BCUT2D eigenvalue weighted by atomic mass is 16.7. The van der Waals surface area contributed by atoms with Gasteiger partial charge >= 0.3 is 5.63 Å². The zero-order chi connectivity index (χ0) is 21.1. The molecule has 0 saturated carbocycles. The zero-order valence-corrected chi connectivity index (χ0v) is 16.3. The van der Waals surface area contributed by atoms with Crippen molar-refractivity contribution in [1.29, 1.82) is 0 Å². The smallest absolute Gasteiger partial charge is 0.343 e. The number of hydrogen-bond acceptors (Lipinski definition) is 7. The number of aromatic amines is 1. The van der Waals surface area contributed by atoms with Crippen LogP contribution in [0.3, 0.4) is 0 Å². The first-order valence-corrected chi connectivity index (χ1v) is 9.48. The summed E-state index contributed by atoms with van der Waals surface area (Å²) in [6.45, 7) is 2.08. The molecule has 4 rings (SSSR count). The van der Waals surface area contributed by atoms with Gasteiger partial charge in [-0.15, -0.1) is 0 Å². The Morgan fingerprint density at radius 2 is 2.13 bits per heavy atom. The van der Waals surface area contributed by atoms with E-state index in [2.05, 4.69) is 15.3 Å². The number of benzene rings is 1. The number of nitrogens with zero attached hydrogens (tertiary/aromatic N) is 1. The molecule has 30 heavy (non-hydrogen) atoms. The van der Waals surface area contributed by atoms with Crippen LogP contribution in [0.15, 0.2) is 46.0 Å². The maximum absolute atomic E-state index is 12.6. The van der Waals surface area contributed by atoms with Crippen molar-refractivity contribution in [2.45, 2.75) is 25.7 Å². The first-order chi connectivity index (χ1) is 14.5. The standard InChI is InChI=1S/C21H21N3O6/c1-12-6-16(25)20(21(27)30-12)15(13-2-3-17-18(7-13)29-11-28-17)8-19(26)23-5-4-14-9-22-10-24-14/h2-3,6-7,9-10,15,25H,4-5,8,11H2,1H3,(H,22,24)(H,23,26). The lowest BCUT2D eigenvalue weighted by Crippen LogP contribution is -2.28. The minimum atomic E-state index is -0.719. The monoisotopic (exact) mass is 411 g/mol. The number of hydrogen-bond donors (Lipinski definition) is 3. The highest BCUT2D eigenvalue weighted by Gasteiger charge is 2.27. The maximum atomic E-state index is 12.6. The van der Waals surface area contributed by atoms with Crippen molar-refractivity contribution in [3.8, 4) is 17.2 Å². The van der Waals surface area contributed by atoms with Crippen molar-refractivity contribution >= 4 is 5.91 Å². The summed E-state index contributed by atoms with van der Waals surface area (Å²) in [7, 11) is 0. The third kappa shape index (κ3) is 4.14. The summed E-state index contributed by atoms with van der Waals surface area (Å²) in [6, 6.07) is 6.54. The molecule has 9 nitrogen and oxygen atoms in total. The van der Waals surface area contributed by atoms with Gasteiger partial charge in [0, 0.05) is 43.3 Å². The molecule has 0 bridgehead atoms. The van der Waals surface area contributed by atoms with Crippen molar-refractivity contribution in [3.05, 3.63) is 69.8 Å². The minimum Gasteiger partial charge on any atom is -0.507 e. The summed E-state index contributed by atoms with van der Waals surface area (Å²) in [5.41, 5.74) is 0.887. The number of amides is 1. The molecule has 0 aliphatic carbocycles. The van der Waals surface area contributed by atoms with Gasteiger partial charge in [-0.25, -0.2) is 9.78 Å². The van der Waals surface area contributed by atoms with E-state index >= 15 is 0 Å². The molecule has 0 fully saturated rings. The Labute approximate surface area is 171 Å². The molecule has 1 amide bonds. The van der Waals surface area contributed by atoms with Gasteiger partial charge in [0.05, 0.1) is 11.9 Å². The second kappa shape index (κ2) is 8.32. The molecule has 1 aromatic carbocycles. The summed E-state index contributed by atoms with van der Waals surface area (Å²) < 4.78 is 15.9. The van der Waals surface area contributed by atoms with Crippen LogP contribution in [-0.4, -0.2) is 34.3 Å². The number of aromatic hydroxyl groups is 1. The van der Waals surface area contributed by atoms with Crippen LogP contribution in [0.5, 0.6) is 17.2 Å². The van der Waals surface area contributed by atoms with Gasteiger partial charge in [-0.05, 0) is 24.6 Å². The van der Waals surface area contributed by atoms with E-state index in [0.29, 0.717) is 30.0 Å². The van der Waals surface area contributed by atoms with Crippen LogP contribution < -0.4 is 20.4 Å². The summed E-state index contributed by atoms with van der Waals surface area (Å²) in [5, 5.41) is 13.3. The predicted octanol–water partition coefficient (Wildman–Crippen LogP) is 1.99. The molecule has 3 N–H and O–H groups in total. The fraction of sp³-hybridized carbons (Fsp3) is 0.286. The van der Waals surface area contributed by atoms with E-state index in [1.807, 2.05) is 0 Å². The SMILES string of the molecule is Cc1cc(O)c(C(CC(=O)NCCc2cnc[nH]2)c2ccc3c(c2)OCO3)c(=O)o1. The number of carbonyl (C=O) groups is 1. The van der Waals surface area contributed by atoms with Crippen LogP contribution in [0.4, 0.5) is 0 Å². The van der Waals surface area contributed by atoms with Crippen molar-refractivity contribution < 1.29 is 23.8 Å². The Bertz CT molecular complexity index is 1110. The fourth-order valence-electron chi connectivity index (χ4n) is 3.46. The summed E-state index contributed by atoms with van der Waals surface area (Å²) in [5.74, 6) is 0.196. The highest BCUT2D eigenvalue weighted by Crippen LogP contribution is 2.38. The fourth-order valence-corrected chi connectivity index (χ4v) is 3.46. The molecule has 1 aliphatic heterocycles. The molecular weight excluding hydrogens is 390 g/mol. The van der Waals surface area contributed by atoms with E-state index in [1.54, 1.807) is 37.6 Å². The topological polar surface area (TPSA) is 127 Å². The molecular formula is C21H21N3O6. The number of ether oxygens (including phenoxy) is 2. The lowest BCUT2D eigenvalue weighted by molar-refractivity contribution is -0.121. The van der Waals surface area contributed by atoms with Crippen molar-refractivity contribution in [3.63, 3.8) is 0 Å². The Morgan fingerprint density at radius 1 is 1.30 bits per heavy atom. The van der Waals surface area contributed by atoms with Crippen LogP contribution >= 0.6 is 0 Å². The number of fused-ring (bicyclic) bond motifs is 1. The van der Waals surface area contributed by atoms with Crippen LogP contribution in [0.2, 0.25) is 0 Å². The average Bonchev–Trinajstić information content (AvgIpc) is 3.37. The van der Waals surface area contributed by atoms with Gasteiger partial charge in [0.2, 0.25) is 12.7 Å². The Morgan fingerprint density at radius 3 is 2.90 bits per heavy atom. The summed E-state index contributed by atoms with van der Waals surface area (Å²) in [6.07, 6.45) is 3.81. The molecule has 2 aromatic heterocycles. The quantitative estimate of drug-likeness (QED) is 0.543. The Balaban J connectivity index is 1.59. The predicted molar refractivity (Wildman–Crippen MR) is 106 cm³/mol. The Hall–Kier alpha value is -3.75. The van der Waals surface area contributed by atoms with E-state index in [9.17, 15) is 14.7 Å². The average molecular weight is 411 g/mol. The zero-order valence-electron chi connectivity index (χ0n) is 16.3. The van der Waals surface area contributed by atoms with Crippen molar-refractivity contribution in [1.82, 2.24) is 15.3 Å². The van der Waals surface area contributed by atoms with Gasteiger partial charge in [-0.3, -0.25) is 4.79 Å². The van der Waals surface area contributed by atoms with Gasteiger partial charge in [-0.2, -0.15) is 0 Å². The van der Waals surface area contributed by atoms with E-state index in [0.717, 1.165) is 5.69 Å². The van der Waals surface area contributed by atoms with Crippen molar-refractivity contribution in [2.75, 3.05) is 13.3 Å². The number of aromatic nitrogens is 2. The largest absolute Gasteiger partial charge is 0.507 e. The van der Waals surface area contributed by atoms with Crippen molar-refractivity contribution in [2.24, 2.45) is 0 Å². The van der Waals surface area contributed by atoms with Crippen LogP contribution in [-0.2, 0) is 11.2 Å². The van der Waals surface area contributed by atoms with Gasteiger partial charge in [-0.1, -0.05) is 6.07 Å². The third-order valence-electron chi connectivity index (χ3n) is 4.90. The molecule has 0 radical (unpaired) electrons. The first kappa shape index (κ1) is 19.6. The van der Waals surface area contributed by atoms with Gasteiger partial charge in [0.25, 0.3) is 0 Å². The molecule has 3 aromatic rings. The number of aryl methyl sites for hydroxylation is 1. The van der Waals surface area contributed by atoms with Gasteiger partial charge < -0.3 is 29.3 Å². The number of H-pyrrole nitrogens is 1. The minimum absolute atomic E-state index is 0.0307. The van der Waals surface area contributed by atoms with E-state index < -0.39 is 11.5 Å². The molecule has 0 saturated heterocycles. The molecule has 156 valence electrons. The molecule has 0 spiro atoms. The Kier molecular flexibility index (Phi) is 5.42. The van der Waals surface area contributed by atoms with E-state index in [-0.39, 0.29) is 36.2 Å².